The van der Waals surface area contributed by atoms with Crippen molar-refractivity contribution in [2.75, 3.05) is 12.5 Å². The van der Waals surface area contributed by atoms with Crippen LogP contribution >= 0.6 is 47.9 Å². The summed E-state index contributed by atoms with van der Waals surface area (Å²) in [5, 5.41) is 0. The van der Waals surface area contributed by atoms with Gasteiger partial charge < -0.3 is 0 Å². The maximum Gasteiger partial charge on any atom is 0.0243 e. The second-order valence-corrected chi connectivity index (χ2v) is 8.84. The first kappa shape index (κ1) is 18.8. The van der Waals surface area contributed by atoms with E-state index < -0.39 is 0 Å². The van der Waals surface area contributed by atoms with Crippen molar-refractivity contribution in [3.05, 3.63) is 72.3 Å². The van der Waals surface area contributed by atoms with Gasteiger partial charge in [0.2, 0.25) is 0 Å². The van der Waals surface area contributed by atoms with Crippen molar-refractivity contribution in [2.24, 2.45) is 0 Å². The molecule has 0 aliphatic rings. The average molecular weight is 401 g/mol. The molecule has 0 saturated carbocycles. The van der Waals surface area contributed by atoms with Gasteiger partial charge in [-0.1, -0.05) is 30.3 Å². The highest BCUT2D eigenvalue weighted by molar-refractivity contribution is 7.99. The fourth-order valence-electron chi connectivity index (χ4n) is 2.58. The number of hydrogen-bond donors (Lipinski definition) is 1. The van der Waals surface area contributed by atoms with Crippen molar-refractivity contribution in [1.82, 2.24) is 0 Å². The molecule has 0 aromatic heterocycles. The molecule has 3 aromatic carbocycles. The van der Waals surface area contributed by atoms with Crippen LogP contribution in [-0.2, 0) is 5.75 Å². The first-order valence-electron chi connectivity index (χ1n) is 7.93. The lowest BCUT2D eigenvalue weighted by Crippen LogP contribution is -1.88. The number of thiol groups is 1. The van der Waals surface area contributed by atoms with Gasteiger partial charge >= 0.3 is 0 Å². The van der Waals surface area contributed by atoms with Crippen molar-refractivity contribution in [2.45, 2.75) is 25.3 Å². The maximum absolute atomic E-state index is 4.45. The molecule has 0 atom stereocenters. The van der Waals surface area contributed by atoms with Gasteiger partial charge in [-0.05, 0) is 65.6 Å². The van der Waals surface area contributed by atoms with E-state index in [0.29, 0.717) is 0 Å². The van der Waals surface area contributed by atoms with Crippen LogP contribution in [0.3, 0.4) is 0 Å². The monoisotopic (exact) mass is 400 g/mol. The Morgan fingerprint density at radius 1 is 0.760 bits per heavy atom. The van der Waals surface area contributed by atoms with Crippen LogP contribution in [0.25, 0.3) is 11.1 Å². The highest BCUT2D eigenvalue weighted by atomic mass is 32.2. The molecule has 0 unspecified atom stereocenters. The molecule has 0 aliphatic heterocycles. The van der Waals surface area contributed by atoms with Crippen LogP contribution in [0.4, 0.5) is 0 Å². The molecule has 0 N–H and O–H groups in total. The zero-order valence-corrected chi connectivity index (χ0v) is 17.6. The molecule has 0 spiro atoms. The summed E-state index contributed by atoms with van der Waals surface area (Å²) >= 11 is 9.96. The summed E-state index contributed by atoms with van der Waals surface area (Å²) in [6.45, 7) is 0. The van der Waals surface area contributed by atoms with E-state index >= 15 is 0 Å². The van der Waals surface area contributed by atoms with Gasteiger partial charge in [0.1, 0.15) is 0 Å². The van der Waals surface area contributed by atoms with E-state index in [1.54, 1.807) is 11.8 Å². The minimum Gasteiger partial charge on any atom is -0.143 e. The highest BCUT2D eigenvalue weighted by Gasteiger charge is 2.07. The molecular weight excluding hydrogens is 380 g/mol. The van der Waals surface area contributed by atoms with Gasteiger partial charge in [-0.2, -0.15) is 0 Å². The second-order valence-electron chi connectivity index (χ2n) is 5.54. The molecule has 0 nitrogen and oxygen atoms in total. The van der Waals surface area contributed by atoms with Crippen molar-refractivity contribution in [3.63, 3.8) is 0 Å². The van der Waals surface area contributed by atoms with Gasteiger partial charge in [0.25, 0.3) is 0 Å². The predicted octanol–water partition coefficient (Wildman–Crippen LogP) is 7.38. The largest absolute Gasteiger partial charge is 0.143 e. The van der Waals surface area contributed by atoms with Gasteiger partial charge in [-0.25, -0.2) is 0 Å². The minimum absolute atomic E-state index is 0.987. The number of thioether (sulfide) groups is 3. The topological polar surface area (TPSA) is 0 Å². The number of rotatable bonds is 6. The fourth-order valence-corrected chi connectivity index (χ4v) is 5.04. The zero-order chi connectivity index (χ0) is 17.6. The van der Waals surface area contributed by atoms with E-state index in [9.17, 15) is 0 Å². The van der Waals surface area contributed by atoms with E-state index in [-0.39, 0.29) is 0 Å². The normalized spacial score (nSPS) is 10.8. The van der Waals surface area contributed by atoms with Crippen molar-refractivity contribution >= 4 is 47.9 Å². The molecule has 0 heterocycles. The highest BCUT2D eigenvalue weighted by Crippen LogP contribution is 2.33. The fraction of sp³-hybridized carbons (Fsp3) is 0.143. The van der Waals surface area contributed by atoms with Crippen molar-refractivity contribution in [3.8, 4) is 11.1 Å². The molecule has 0 amide bonds. The third-order valence-electron chi connectivity index (χ3n) is 3.90. The Morgan fingerprint density at radius 3 is 2.28 bits per heavy atom. The van der Waals surface area contributed by atoms with Crippen LogP contribution in [0.2, 0.25) is 0 Å². The van der Waals surface area contributed by atoms with Gasteiger partial charge in [0.05, 0.1) is 0 Å². The molecule has 128 valence electrons. The molecule has 4 heteroatoms. The Bertz CT molecular complexity index is 858. The first-order chi connectivity index (χ1) is 12.2. The summed E-state index contributed by atoms with van der Waals surface area (Å²) in [6, 6.07) is 23.8. The molecule has 0 fully saturated rings. The number of benzene rings is 3. The first-order valence-corrected chi connectivity index (χ1v) is 11.8. The zero-order valence-electron chi connectivity index (χ0n) is 14.2. The molecule has 0 aliphatic carbocycles. The third kappa shape index (κ3) is 5.04. The molecule has 0 radical (unpaired) electrons. The molecule has 0 saturated heterocycles. The standard InChI is InChI=1S/C21H20S4/c1-23-19-7-4-8-20(13-19)25-14-17-10-9-16(12-21(17)24-2)15-5-3-6-18(22)11-15/h3-13,22H,14H2,1-2H3. The summed E-state index contributed by atoms with van der Waals surface area (Å²) in [5.41, 5.74) is 3.85. The van der Waals surface area contributed by atoms with Gasteiger partial charge in [-0.3, -0.25) is 0 Å². The molecule has 3 rings (SSSR count). The summed E-state index contributed by atoms with van der Waals surface area (Å²) in [7, 11) is 0. The van der Waals surface area contributed by atoms with Crippen LogP contribution in [0.5, 0.6) is 0 Å². The van der Waals surface area contributed by atoms with E-state index in [1.165, 1.54) is 31.4 Å². The number of hydrogen-bond acceptors (Lipinski definition) is 4. The maximum atomic E-state index is 4.45. The van der Waals surface area contributed by atoms with Crippen LogP contribution in [-0.4, -0.2) is 12.5 Å². The summed E-state index contributed by atoms with van der Waals surface area (Å²) < 4.78 is 0. The van der Waals surface area contributed by atoms with Crippen LogP contribution < -0.4 is 0 Å². The molecule has 0 bridgehead atoms. The Balaban J connectivity index is 1.80. The Kier molecular flexibility index (Phi) is 6.88. The van der Waals surface area contributed by atoms with Crippen molar-refractivity contribution < 1.29 is 0 Å². The van der Waals surface area contributed by atoms with Crippen LogP contribution in [0, 0.1) is 0 Å². The lowest BCUT2D eigenvalue weighted by molar-refractivity contribution is 1.26. The second kappa shape index (κ2) is 9.13. The summed E-state index contributed by atoms with van der Waals surface area (Å²) in [4.78, 5) is 4.98. The minimum atomic E-state index is 0.987. The van der Waals surface area contributed by atoms with Crippen LogP contribution in [0.15, 0.2) is 86.3 Å². The quantitative estimate of drug-likeness (QED) is 0.339. The average Bonchev–Trinajstić information content (AvgIpc) is 2.66. The Morgan fingerprint density at radius 2 is 1.52 bits per heavy atom. The van der Waals surface area contributed by atoms with E-state index in [0.717, 1.165) is 10.6 Å². The summed E-state index contributed by atoms with van der Waals surface area (Å²) in [5.74, 6) is 0.987. The molecule has 3 aromatic rings. The predicted molar refractivity (Wildman–Crippen MR) is 119 cm³/mol. The van der Waals surface area contributed by atoms with Gasteiger partial charge in [-0.15, -0.1) is 47.9 Å². The third-order valence-corrected chi connectivity index (χ3v) is 6.77. The lowest BCUT2D eigenvalue weighted by Gasteiger charge is -2.11. The van der Waals surface area contributed by atoms with Gasteiger partial charge in [0.15, 0.2) is 0 Å². The SMILES string of the molecule is CSc1cccc(SCc2ccc(-c3cccc(S)c3)cc2SC)c1. The van der Waals surface area contributed by atoms with E-state index in [4.69, 9.17) is 0 Å². The Labute approximate surface area is 168 Å². The summed E-state index contributed by atoms with van der Waals surface area (Å²) in [6.07, 6.45) is 4.27. The van der Waals surface area contributed by atoms with E-state index in [1.807, 2.05) is 29.6 Å². The smallest absolute Gasteiger partial charge is 0.0243 e. The van der Waals surface area contributed by atoms with E-state index in [2.05, 4.69) is 85.8 Å². The molecule has 25 heavy (non-hydrogen) atoms. The lowest BCUT2D eigenvalue weighted by atomic mass is 10.0. The van der Waals surface area contributed by atoms with Crippen molar-refractivity contribution in [1.29, 1.82) is 0 Å². The van der Waals surface area contributed by atoms with Crippen LogP contribution in [0.1, 0.15) is 5.56 Å². The van der Waals surface area contributed by atoms with Gasteiger partial charge in [0, 0.05) is 25.3 Å². The Hall–Kier alpha value is -0.940. The molecular formula is C21H20S4.